The molecule has 1 rings (SSSR count). The van der Waals surface area contributed by atoms with Crippen LogP contribution in [0.15, 0.2) is 6.33 Å². The van der Waals surface area contributed by atoms with Crippen molar-refractivity contribution in [1.29, 1.82) is 0 Å². The second kappa shape index (κ2) is 4.30. The topological polar surface area (TPSA) is 108 Å². The number of carboxylic acids is 1. The summed E-state index contributed by atoms with van der Waals surface area (Å²) in [6, 6.07) is -0.409. The second-order valence-corrected chi connectivity index (χ2v) is 4.00. The minimum absolute atomic E-state index is 0.409. The van der Waals surface area contributed by atoms with E-state index in [4.69, 9.17) is 5.11 Å². The summed E-state index contributed by atoms with van der Waals surface area (Å²) in [5.74, 6) is -1.26. The van der Waals surface area contributed by atoms with Crippen LogP contribution in [0.25, 0.3) is 0 Å². The van der Waals surface area contributed by atoms with Gasteiger partial charge < -0.3 is 10.4 Å². The summed E-state index contributed by atoms with van der Waals surface area (Å²) in [5.41, 5.74) is -1.46. The van der Waals surface area contributed by atoms with Gasteiger partial charge in [0.15, 0.2) is 0 Å². The van der Waals surface area contributed by atoms with Crippen molar-refractivity contribution in [3.8, 4) is 0 Å². The lowest BCUT2D eigenvalue weighted by molar-refractivity contribution is -0.153. The minimum Gasteiger partial charge on any atom is -0.480 e. The number of aliphatic carboxylic acids is 1. The number of carbonyl (C=O) groups is 2. The molecular weight excluding hydrogens is 212 g/mol. The molecule has 7 nitrogen and oxygen atoms in total. The van der Waals surface area contributed by atoms with Crippen LogP contribution >= 0.6 is 0 Å². The van der Waals surface area contributed by atoms with E-state index >= 15 is 0 Å². The number of aromatic amines is 1. The SMILES string of the molecule is CC(NC(=O)C(C)(C)C(=O)O)c1ncn[nH]1. The molecule has 0 aliphatic heterocycles. The molecule has 0 bridgehead atoms. The number of aromatic nitrogens is 3. The first kappa shape index (κ1) is 12.2. The highest BCUT2D eigenvalue weighted by Gasteiger charge is 2.36. The van der Waals surface area contributed by atoms with Gasteiger partial charge in [0.05, 0.1) is 6.04 Å². The molecule has 7 heteroatoms. The molecule has 1 aromatic rings. The van der Waals surface area contributed by atoms with E-state index in [0.717, 1.165) is 0 Å². The molecule has 0 radical (unpaired) electrons. The summed E-state index contributed by atoms with van der Waals surface area (Å²) >= 11 is 0. The molecule has 1 amide bonds. The van der Waals surface area contributed by atoms with E-state index < -0.39 is 23.3 Å². The molecule has 0 spiro atoms. The highest BCUT2D eigenvalue weighted by molar-refractivity contribution is 6.01. The number of H-pyrrole nitrogens is 1. The van der Waals surface area contributed by atoms with Gasteiger partial charge in [-0.05, 0) is 20.8 Å². The van der Waals surface area contributed by atoms with Crippen molar-refractivity contribution in [2.45, 2.75) is 26.8 Å². The maximum atomic E-state index is 11.7. The van der Waals surface area contributed by atoms with Gasteiger partial charge in [-0.25, -0.2) is 4.98 Å². The lowest BCUT2D eigenvalue weighted by Crippen LogP contribution is -2.43. The third kappa shape index (κ3) is 2.36. The van der Waals surface area contributed by atoms with E-state index in [2.05, 4.69) is 20.5 Å². The highest BCUT2D eigenvalue weighted by Crippen LogP contribution is 2.17. The number of rotatable bonds is 4. The minimum atomic E-state index is -1.46. The van der Waals surface area contributed by atoms with Crippen molar-refractivity contribution in [2.24, 2.45) is 5.41 Å². The van der Waals surface area contributed by atoms with Gasteiger partial charge in [-0.15, -0.1) is 0 Å². The van der Waals surface area contributed by atoms with Crippen LogP contribution < -0.4 is 5.32 Å². The Labute approximate surface area is 92.3 Å². The molecule has 1 heterocycles. The van der Waals surface area contributed by atoms with Gasteiger partial charge in [-0.1, -0.05) is 0 Å². The van der Waals surface area contributed by atoms with E-state index in [9.17, 15) is 9.59 Å². The lowest BCUT2D eigenvalue weighted by atomic mass is 9.92. The predicted molar refractivity (Wildman–Crippen MR) is 54.4 cm³/mol. The van der Waals surface area contributed by atoms with Gasteiger partial charge in [0.25, 0.3) is 0 Å². The van der Waals surface area contributed by atoms with Crippen LogP contribution in [0, 0.1) is 5.41 Å². The van der Waals surface area contributed by atoms with E-state index in [1.54, 1.807) is 6.92 Å². The van der Waals surface area contributed by atoms with Gasteiger partial charge in [0.1, 0.15) is 17.6 Å². The summed E-state index contributed by atoms with van der Waals surface area (Å²) in [7, 11) is 0. The summed E-state index contributed by atoms with van der Waals surface area (Å²) in [5, 5.41) is 17.7. The average Bonchev–Trinajstić information content (AvgIpc) is 2.69. The quantitative estimate of drug-likeness (QED) is 0.631. The Bertz CT molecular complexity index is 385. The Balaban J connectivity index is 2.69. The van der Waals surface area contributed by atoms with E-state index in [-0.39, 0.29) is 0 Å². The van der Waals surface area contributed by atoms with Gasteiger partial charge in [0.2, 0.25) is 5.91 Å². The molecule has 0 aliphatic rings. The first-order valence-electron chi connectivity index (χ1n) is 4.75. The van der Waals surface area contributed by atoms with Crippen LogP contribution in [-0.2, 0) is 9.59 Å². The van der Waals surface area contributed by atoms with Crippen LogP contribution in [0.4, 0.5) is 0 Å². The fraction of sp³-hybridized carbons (Fsp3) is 0.556. The molecule has 1 unspecified atom stereocenters. The van der Waals surface area contributed by atoms with Crippen molar-refractivity contribution in [3.05, 3.63) is 12.2 Å². The number of nitrogens with one attached hydrogen (secondary N) is 2. The summed E-state index contributed by atoms with van der Waals surface area (Å²) in [4.78, 5) is 26.4. The van der Waals surface area contributed by atoms with Gasteiger partial charge >= 0.3 is 5.97 Å². The number of carboxylic acid groups (broad SMARTS) is 1. The maximum Gasteiger partial charge on any atom is 0.318 e. The van der Waals surface area contributed by atoms with Crippen LogP contribution in [-0.4, -0.2) is 32.2 Å². The molecule has 3 N–H and O–H groups in total. The van der Waals surface area contributed by atoms with Gasteiger partial charge in [-0.3, -0.25) is 14.7 Å². The van der Waals surface area contributed by atoms with E-state index in [0.29, 0.717) is 5.82 Å². The van der Waals surface area contributed by atoms with Gasteiger partial charge in [-0.2, -0.15) is 5.10 Å². The Kier molecular flexibility index (Phi) is 3.26. The Morgan fingerprint density at radius 2 is 2.19 bits per heavy atom. The van der Waals surface area contributed by atoms with Crippen molar-refractivity contribution in [1.82, 2.24) is 20.5 Å². The summed E-state index contributed by atoms with van der Waals surface area (Å²) in [6.45, 7) is 4.38. The van der Waals surface area contributed by atoms with Crippen LogP contribution in [0.2, 0.25) is 0 Å². The summed E-state index contributed by atoms with van der Waals surface area (Å²) < 4.78 is 0. The molecule has 0 saturated carbocycles. The molecule has 1 atom stereocenters. The van der Waals surface area contributed by atoms with E-state index in [1.165, 1.54) is 20.2 Å². The van der Waals surface area contributed by atoms with Crippen molar-refractivity contribution < 1.29 is 14.7 Å². The normalized spacial score (nSPS) is 13.2. The molecule has 0 aromatic carbocycles. The fourth-order valence-corrected chi connectivity index (χ4v) is 0.966. The van der Waals surface area contributed by atoms with Crippen LogP contribution in [0.5, 0.6) is 0 Å². The first-order chi connectivity index (χ1) is 7.35. The zero-order valence-corrected chi connectivity index (χ0v) is 9.31. The monoisotopic (exact) mass is 226 g/mol. The first-order valence-corrected chi connectivity index (χ1v) is 4.75. The average molecular weight is 226 g/mol. The maximum absolute atomic E-state index is 11.7. The van der Waals surface area contributed by atoms with Gasteiger partial charge in [0, 0.05) is 0 Å². The van der Waals surface area contributed by atoms with Crippen molar-refractivity contribution in [3.63, 3.8) is 0 Å². The molecule has 88 valence electrons. The molecule has 0 aliphatic carbocycles. The highest BCUT2D eigenvalue weighted by atomic mass is 16.4. The summed E-state index contributed by atoms with van der Waals surface area (Å²) in [6.07, 6.45) is 1.32. The third-order valence-electron chi connectivity index (χ3n) is 2.29. The fourth-order valence-electron chi connectivity index (χ4n) is 0.966. The molecule has 1 aromatic heterocycles. The predicted octanol–water partition coefficient (Wildman–Crippen LogP) is 0.0927. The zero-order chi connectivity index (χ0) is 12.3. The second-order valence-electron chi connectivity index (χ2n) is 4.00. The van der Waals surface area contributed by atoms with Crippen LogP contribution in [0.1, 0.15) is 32.6 Å². The lowest BCUT2D eigenvalue weighted by Gasteiger charge is -2.20. The Morgan fingerprint density at radius 1 is 1.56 bits per heavy atom. The standard InChI is InChI=1S/C9H14N4O3/c1-5(6-10-4-11-13-6)12-7(14)9(2,3)8(15)16/h4-5H,1-3H3,(H,12,14)(H,15,16)(H,10,11,13). The number of amides is 1. The van der Waals surface area contributed by atoms with Crippen molar-refractivity contribution >= 4 is 11.9 Å². The van der Waals surface area contributed by atoms with E-state index in [1.807, 2.05) is 0 Å². The largest absolute Gasteiger partial charge is 0.480 e. The molecular formula is C9H14N4O3. The molecule has 16 heavy (non-hydrogen) atoms. The number of carbonyl (C=O) groups excluding carboxylic acids is 1. The zero-order valence-electron chi connectivity index (χ0n) is 9.31. The smallest absolute Gasteiger partial charge is 0.318 e. The molecule has 0 fully saturated rings. The van der Waals surface area contributed by atoms with Crippen molar-refractivity contribution in [2.75, 3.05) is 0 Å². The third-order valence-corrected chi connectivity index (χ3v) is 2.29. The number of nitrogens with zero attached hydrogens (tertiary/aromatic N) is 2. The molecule has 0 saturated heterocycles. The Hall–Kier alpha value is -1.92. The number of hydrogen-bond acceptors (Lipinski definition) is 4. The Morgan fingerprint density at radius 3 is 2.62 bits per heavy atom. The number of hydrogen-bond donors (Lipinski definition) is 3. The van der Waals surface area contributed by atoms with Crippen LogP contribution in [0.3, 0.4) is 0 Å².